The fourth-order valence-electron chi connectivity index (χ4n) is 2.07. The first-order valence-corrected chi connectivity index (χ1v) is 6.35. The second-order valence-corrected chi connectivity index (χ2v) is 4.55. The van der Waals surface area contributed by atoms with E-state index in [2.05, 4.69) is 9.98 Å². The molecule has 104 valence electrons. The second-order valence-electron chi connectivity index (χ2n) is 4.55. The van der Waals surface area contributed by atoms with Gasteiger partial charge in [-0.2, -0.15) is 0 Å². The first-order chi connectivity index (χ1) is 10.1. The predicted molar refractivity (Wildman–Crippen MR) is 81.1 cm³/mol. The van der Waals surface area contributed by atoms with Gasteiger partial charge in [0.2, 0.25) is 0 Å². The lowest BCUT2D eigenvalue weighted by Gasteiger charge is -1.96. The molecule has 0 aliphatic heterocycles. The largest absolute Gasteiger partial charge is 0.326 e. The molecule has 3 rings (SSSR count). The number of nitro groups is 1. The van der Waals surface area contributed by atoms with Crippen LogP contribution in [0, 0.1) is 10.1 Å². The smallest absolute Gasteiger partial charge is 0.269 e. The molecule has 0 aliphatic rings. The lowest BCUT2D eigenvalue weighted by atomic mass is 10.3. The van der Waals surface area contributed by atoms with Crippen LogP contribution in [0.15, 0.2) is 53.5 Å². The van der Waals surface area contributed by atoms with Crippen LogP contribution in [0.3, 0.4) is 0 Å². The summed E-state index contributed by atoms with van der Waals surface area (Å²) in [6, 6.07) is 13.9. The number of benzene rings is 2. The fourth-order valence-corrected chi connectivity index (χ4v) is 2.07. The third-order valence-electron chi connectivity index (χ3n) is 3.21. The van der Waals surface area contributed by atoms with Gasteiger partial charge in [0.15, 0.2) is 5.82 Å². The molecule has 1 aromatic heterocycles. The van der Waals surface area contributed by atoms with E-state index in [9.17, 15) is 10.1 Å². The average Bonchev–Trinajstić information content (AvgIpc) is 2.82. The van der Waals surface area contributed by atoms with Crippen molar-refractivity contribution in [1.29, 1.82) is 0 Å². The Kier molecular flexibility index (Phi) is 3.19. The molecule has 6 nitrogen and oxygen atoms in total. The molecule has 6 heteroatoms. The number of nitrogens with zero attached hydrogens (tertiary/aromatic N) is 4. The predicted octanol–water partition coefficient (Wildman–Crippen LogP) is 3.23. The second kappa shape index (κ2) is 5.16. The van der Waals surface area contributed by atoms with Crippen molar-refractivity contribution in [3.63, 3.8) is 0 Å². The molecular formula is C15H12N4O2. The number of aromatic nitrogens is 2. The third kappa shape index (κ3) is 2.51. The quantitative estimate of drug-likeness (QED) is 0.420. The fraction of sp³-hybridized carbons (Fsp3) is 0.0667. The summed E-state index contributed by atoms with van der Waals surface area (Å²) in [7, 11) is 1.92. The van der Waals surface area contributed by atoms with Crippen LogP contribution in [0.5, 0.6) is 0 Å². The molecule has 0 bridgehead atoms. The van der Waals surface area contributed by atoms with E-state index < -0.39 is 4.92 Å². The van der Waals surface area contributed by atoms with Crippen molar-refractivity contribution < 1.29 is 4.92 Å². The van der Waals surface area contributed by atoms with E-state index in [-0.39, 0.29) is 5.69 Å². The monoisotopic (exact) mass is 280 g/mol. The molecule has 3 aromatic rings. The highest BCUT2D eigenvalue weighted by Gasteiger charge is 2.05. The van der Waals surface area contributed by atoms with Gasteiger partial charge in [0, 0.05) is 19.2 Å². The molecule has 0 amide bonds. The minimum atomic E-state index is -0.432. The van der Waals surface area contributed by atoms with E-state index in [1.807, 2.05) is 35.9 Å². The number of para-hydroxylation sites is 2. The maximum absolute atomic E-state index is 10.6. The lowest BCUT2D eigenvalue weighted by Crippen LogP contribution is -1.95. The molecule has 0 spiro atoms. The molecule has 0 saturated carbocycles. The van der Waals surface area contributed by atoms with Gasteiger partial charge in [0.05, 0.1) is 27.9 Å². The van der Waals surface area contributed by atoms with Crippen LogP contribution in [-0.2, 0) is 7.05 Å². The number of nitro benzene ring substituents is 1. The Morgan fingerprint density at radius 2 is 1.90 bits per heavy atom. The highest BCUT2D eigenvalue weighted by Crippen LogP contribution is 2.18. The number of hydrogen-bond donors (Lipinski definition) is 0. The van der Waals surface area contributed by atoms with E-state index in [1.54, 1.807) is 18.3 Å². The molecular weight excluding hydrogens is 268 g/mol. The average molecular weight is 280 g/mol. The zero-order valence-corrected chi connectivity index (χ0v) is 11.3. The molecule has 0 fully saturated rings. The lowest BCUT2D eigenvalue weighted by molar-refractivity contribution is -0.384. The summed E-state index contributed by atoms with van der Waals surface area (Å²) in [6.45, 7) is 0. The summed E-state index contributed by atoms with van der Waals surface area (Å²) < 4.78 is 1.95. The van der Waals surface area contributed by atoms with Crippen molar-refractivity contribution in [2.24, 2.45) is 12.0 Å². The maximum Gasteiger partial charge on any atom is 0.269 e. The topological polar surface area (TPSA) is 73.3 Å². The van der Waals surface area contributed by atoms with Gasteiger partial charge < -0.3 is 4.57 Å². The minimum absolute atomic E-state index is 0.0525. The Morgan fingerprint density at radius 1 is 1.19 bits per heavy atom. The number of aryl methyl sites for hydroxylation is 1. The molecule has 0 saturated heterocycles. The first kappa shape index (κ1) is 13.0. The van der Waals surface area contributed by atoms with Crippen LogP contribution in [0.2, 0.25) is 0 Å². The molecule has 0 atom stereocenters. The van der Waals surface area contributed by atoms with E-state index in [0.717, 1.165) is 16.9 Å². The number of hydrogen-bond acceptors (Lipinski definition) is 4. The van der Waals surface area contributed by atoms with Crippen molar-refractivity contribution in [3.05, 3.63) is 64.5 Å². The summed E-state index contributed by atoms with van der Waals surface area (Å²) in [4.78, 5) is 18.9. The SMILES string of the molecule is Cn1c(C=Nc2ccc([N+](=O)[O-])cc2)nc2ccccc21. The summed E-state index contributed by atoms with van der Waals surface area (Å²) in [5, 5.41) is 10.6. The van der Waals surface area contributed by atoms with Crippen LogP contribution in [-0.4, -0.2) is 20.7 Å². The number of fused-ring (bicyclic) bond motifs is 1. The molecule has 2 aromatic carbocycles. The number of aliphatic imine (C=N–C) groups is 1. The van der Waals surface area contributed by atoms with Gasteiger partial charge >= 0.3 is 0 Å². The van der Waals surface area contributed by atoms with Crippen LogP contribution in [0.1, 0.15) is 5.82 Å². The van der Waals surface area contributed by atoms with Gasteiger partial charge in [-0.15, -0.1) is 0 Å². The minimum Gasteiger partial charge on any atom is -0.326 e. The number of imidazole rings is 1. The van der Waals surface area contributed by atoms with Crippen LogP contribution < -0.4 is 0 Å². The number of rotatable bonds is 3. The van der Waals surface area contributed by atoms with Crippen molar-refractivity contribution in [2.45, 2.75) is 0 Å². The highest BCUT2D eigenvalue weighted by atomic mass is 16.6. The summed E-state index contributed by atoms with van der Waals surface area (Å²) in [5.74, 6) is 0.731. The molecule has 1 heterocycles. The van der Waals surface area contributed by atoms with E-state index >= 15 is 0 Å². The van der Waals surface area contributed by atoms with Gasteiger partial charge in [-0.1, -0.05) is 12.1 Å². The van der Waals surface area contributed by atoms with Gasteiger partial charge in [-0.25, -0.2) is 4.98 Å². The van der Waals surface area contributed by atoms with Crippen LogP contribution >= 0.6 is 0 Å². The molecule has 0 N–H and O–H groups in total. The zero-order chi connectivity index (χ0) is 14.8. The highest BCUT2D eigenvalue weighted by molar-refractivity contribution is 5.86. The maximum atomic E-state index is 10.6. The van der Waals surface area contributed by atoms with Crippen molar-refractivity contribution in [3.8, 4) is 0 Å². The normalized spacial score (nSPS) is 11.3. The zero-order valence-electron chi connectivity index (χ0n) is 11.3. The molecule has 21 heavy (non-hydrogen) atoms. The van der Waals surface area contributed by atoms with E-state index in [0.29, 0.717) is 5.69 Å². The third-order valence-corrected chi connectivity index (χ3v) is 3.21. The Bertz CT molecular complexity index is 835. The molecule has 0 radical (unpaired) electrons. The molecule has 0 aliphatic carbocycles. The van der Waals surface area contributed by atoms with Gasteiger partial charge in [0.25, 0.3) is 5.69 Å². The van der Waals surface area contributed by atoms with Gasteiger partial charge in [-0.3, -0.25) is 15.1 Å². The van der Waals surface area contributed by atoms with Crippen LogP contribution in [0.25, 0.3) is 11.0 Å². The van der Waals surface area contributed by atoms with Gasteiger partial charge in [-0.05, 0) is 24.3 Å². The Hall–Kier alpha value is -3.02. The summed E-state index contributed by atoms with van der Waals surface area (Å²) >= 11 is 0. The van der Waals surface area contributed by atoms with Crippen molar-refractivity contribution >= 4 is 28.6 Å². The van der Waals surface area contributed by atoms with E-state index in [4.69, 9.17) is 0 Å². The van der Waals surface area contributed by atoms with E-state index in [1.165, 1.54) is 12.1 Å². The van der Waals surface area contributed by atoms with Gasteiger partial charge in [0.1, 0.15) is 0 Å². The Balaban J connectivity index is 1.90. The number of non-ortho nitro benzene ring substituents is 1. The van der Waals surface area contributed by atoms with Crippen molar-refractivity contribution in [2.75, 3.05) is 0 Å². The Morgan fingerprint density at radius 3 is 2.57 bits per heavy atom. The molecule has 0 unspecified atom stereocenters. The standard InChI is InChI=1S/C15H12N4O2/c1-18-14-5-3-2-4-13(14)17-15(18)10-16-11-6-8-12(9-7-11)19(20)21/h2-10H,1H3. The first-order valence-electron chi connectivity index (χ1n) is 6.35. The Labute approximate surface area is 120 Å². The van der Waals surface area contributed by atoms with Crippen LogP contribution in [0.4, 0.5) is 11.4 Å². The summed E-state index contributed by atoms with van der Waals surface area (Å²) in [6.07, 6.45) is 1.65. The summed E-state index contributed by atoms with van der Waals surface area (Å²) in [5.41, 5.74) is 2.64. The van der Waals surface area contributed by atoms with Crippen molar-refractivity contribution in [1.82, 2.24) is 9.55 Å².